The standard InChI is InChI=1S/C21H30F3N3O3S2/c1-10(2)13-7-12(18(23)24)8-14(11(3)4)17(13)26-20(28)27-32(25,30)19-15(22)9-16(31-19)21(5,6)29/h7,9-11,14,18,29H,8H2,1-6H3,(H3,25,26,27,28,30). The van der Waals surface area contributed by atoms with Crippen molar-refractivity contribution in [3.05, 3.63) is 39.7 Å². The molecule has 0 saturated carbocycles. The van der Waals surface area contributed by atoms with Gasteiger partial charge in [-0.3, -0.25) is 0 Å². The molecule has 0 fully saturated rings. The molecule has 11 heteroatoms. The lowest BCUT2D eigenvalue weighted by molar-refractivity contribution is 0.0823. The van der Waals surface area contributed by atoms with Crippen LogP contribution in [0.1, 0.15) is 52.8 Å². The van der Waals surface area contributed by atoms with Crippen LogP contribution in [0.3, 0.4) is 0 Å². The number of aliphatic hydroxyl groups is 1. The topological polar surface area (TPSA) is 105 Å². The fourth-order valence-corrected chi connectivity index (χ4v) is 5.77. The van der Waals surface area contributed by atoms with Gasteiger partial charge in [-0.2, -0.15) is 0 Å². The Balaban J connectivity index is 2.48. The SMILES string of the molecule is CC(C)C1=C(NC(=O)N=S(N)(=O)c2sc(C(C)(C)O)cc2F)C(C(C)C)CC(C(F)F)=C1. The lowest BCUT2D eigenvalue weighted by Gasteiger charge is -2.32. The predicted molar refractivity (Wildman–Crippen MR) is 120 cm³/mol. The summed E-state index contributed by atoms with van der Waals surface area (Å²) in [5.74, 6) is -1.59. The Hall–Kier alpha value is -1.69. The van der Waals surface area contributed by atoms with Crippen molar-refractivity contribution in [2.75, 3.05) is 0 Å². The number of hydrogen-bond donors (Lipinski definition) is 3. The van der Waals surface area contributed by atoms with Gasteiger partial charge in [0, 0.05) is 16.5 Å². The lowest BCUT2D eigenvalue weighted by Crippen LogP contribution is -2.33. The molecule has 0 radical (unpaired) electrons. The van der Waals surface area contributed by atoms with Gasteiger partial charge in [0.2, 0.25) is 0 Å². The molecule has 1 aromatic rings. The largest absolute Gasteiger partial charge is 0.385 e. The number of thiophene rings is 1. The van der Waals surface area contributed by atoms with E-state index in [1.54, 1.807) is 0 Å². The van der Waals surface area contributed by atoms with Crippen LogP contribution < -0.4 is 10.5 Å². The van der Waals surface area contributed by atoms with E-state index in [9.17, 15) is 27.3 Å². The highest BCUT2D eigenvalue weighted by Crippen LogP contribution is 2.38. The van der Waals surface area contributed by atoms with Crippen molar-refractivity contribution in [2.45, 2.75) is 64.2 Å². The molecule has 2 atom stereocenters. The van der Waals surface area contributed by atoms with Gasteiger partial charge in [0.1, 0.15) is 0 Å². The molecule has 6 nitrogen and oxygen atoms in total. The highest BCUT2D eigenvalue weighted by molar-refractivity contribution is 7.93. The Morgan fingerprint density at radius 1 is 1.34 bits per heavy atom. The Morgan fingerprint density at radius 2 is 1.94 bits per heavy atom. The van der Waals surface area contributed by atoms with Gasteiger partial charge in [-0.15, -0.1) is 15.7 Å². The van der Waals surface area contributed by atoms with Crippen LogP contribution >= 0.6 is 11.3 Å². The van der Waals surface area contributed by atoms with Crippen LogP contribution in [0.4, 0.5) is 18.0 Å². The Kier molecular flexibility index (Phi) is 8.02. The molecule has 32 heavy (non-hydrogen) atoms. The van der Waals surface area contributed by atoms with E-state index in [4.69, 9.17) is 5.14 Å². The fraction of sp³-hybridized carbons (Fsp3) is 0.571. The molecule has 1 aliphatic carbocycles. The molecular formula is C21H30F3N3O3S2. The quantitative estimate of drug-likeness (QED) is 0.501. The van der Waals surface area contributed by atoms with Gasteiger partial charge in [-0.25, -0.2) is 27.3 Å². The van der Waals surface area contributed by atoms with Crippen LogP contribution in [-0.2, 0) is 15.5 Å². The summed E-state index contributed by atoms with van der Waals surface area (Å²) >= 11 is 0.672. The van der Waals surface area contributed by atoms with Gasteiger partial charge in [0.05, 0.1) is 5.60 Å². The molecular weight excluding hydrogens is 463 g/mol. The minimum absolute atomic E-state index is 0.00948. The second kappa shape index (κ2) is 9.66. The van der Waals surface area contributed by atoms with Gasteiger partial charge >= 0.3 is 6.03 Å². The van der Waals surface area contributed by atoms with E-state index in [2.05, 4.69) is 9.68 Å². The molecule has 0 saturated heterocycles. The van der Waals surface area contributed by atoms with Crippen molar-refractivity contribution < 1.29 is 27.3 Å². The fourth-order valence-electron chi connectivity index (χ4n) is 3.43. The molecule has 4 N–H and O–H groups in total. The van der Waals surface area contributed by atoms with Crippen molar-refractivity contribution in [1.82, 2.24) is 5.32 Å². The molecule has 0 spiro atoms. The zero-order chi connectivity index (χ0) is 24.6. The average molecular weight is 494 g/mol. The van der Waals surface area contributed by atoms with Crippen LogP contribution in [0.2, 0.25) is 0 Å². The summed E-state index contributed by atoms with van der Waals surface area (Å²) in [7, 11) is -3.94. The third kappa shape index (κ3) is 6.00. The number of carbonyl (C=O) groups is 1. The van der Waals surface area contributed by atoms with Crippen molar-refractivity contribution in [1.29, 1.82) is 0 Å². The first-order chi connectivity index (χ1) is 14.5. The summed E-state index contributed by atoms with van der Waals surface area (Å²) < 4.78 is 57.1. The van der Waals surface area contributed by atoms with Crippen molar-refractivity contribution in [2.24, 2.45) is 27.3 Å². The normalized spacial score (nSPS) is 19.4. The average Bonchev–Trinajstić information content (AvgIpc) is 3.03. The maximum absolute atomic E-state index is 14.4. The molecule has 0 aliphatic heterocycles. The maximum Gasteiger partial charge on any atom is 0.354 e. The van der Waals surface area contributed by atoms with Crippen LogP contribution in [0.5, 0.6) is 0 Å². The minimum Gasteiger partial charge on any atom is -0.385 e. The third-order valence-electron chi connectivity index (χ3n) is 5.17. The molecule has 2 unspecified atom stereocenters. The first-order valence-electron chi connectivity index (χ1n) is 10.1. The molecule has 2 rings (SSSR count). The van der Waals surface area contributed by atoms with Crippen LogP contribution in [0, 0.1) is 23.6 Å². The lowest BCUT2D eigenvalue weighted by atomic mass is 9.78. The third-order valence-corrected chi connectivity index (χ3v) is 8.52. The number of nitrogens with one attached hydrogen (secondary N) is 1. The molecule has 2 amide bonds. The second-order valence-electron chi connectivity index (χ2n) is 8.99. The van der Waals surface area contributed by atoms with Gasteiger partial charge in [0.15, 0.2) is 19.9 Å². The van der Waals surface area contributed by atoms with Crippen molar-refractivity contribution in [3.8, 4) is 0 Å². The number of carbonyl (C=O) groups excluding carboxylic acids is 1. The number of rotatable bonds is 6. The summed E-state index contributed by atoms with van der Waals surface area (Å²) in [6, 6.07) is -0.0471. The number of nitrogens with zero attached hydrogens (tertiary/aromatic N) is 1. The number of halogens is 3. The molecule has 0 aromatic carbocycles. The highest BCUT2D eigenvalue weighted by Gasteiger charge is 2.32. The van der Waals surface area contributed by atoms with Crippen LogP contribution in [-0.4, -0.2) is 21.8 Å². The monoisotopic (exact) mass is 493 g/mol. The molecule has 1 heterocycles. The smallest absolute Gasteiger partial charge is 0.354 e. The Morgan fingerprint density at radius 3 is 2.38 bits per heavy atom. The van der Waals surface area contributed by atoms with Crippen molar-refractivity contribution in [3.63, 3.8) is 0 Å². The number of allylic oxidation sites excluding steroid dienone is 4. The second-order valence-corrected chi connectivity index (χ2v) is 12.0. The number of hydrogen-bond acceptors (Lipinski definition) is 4. The summed E-state index contributed by atoms with van der Waals surface area (Å²) in [6.45, 7) is 10.2. The van der Waals surface area contributed by atoms with Gasteiger partial charge < -0.3 is 10.4 Å². The molecule has 0 bridgehead atoms. The molecule has 1 aromatic heterocycles. The first kappa shape index (κ1) is 26.6. The number of amides is 2. The first-order valence-corrected chi connectivity index (χ1v) is 12.5. The summed E-state index contributed by atoms with van der Waals surface area (Å²) in [6.07, 6.45) is -1.16. The van der Waals surface area contributed by atoms with Crippen molar-refractivity contribution >= 4 is 27.3 Å². The van der Waals surface area contributed by atoms with E-state index in [0.717, 1.165) is 6.07 Å². The van der Waals surface area contributed by atoms with E-state index in [0.29, 0.717) is 22.6 Å². The minimum atomic E-state index is -3.94. The van der Waals surface area contributed by atoms with Gasteiger partial charge in [0.25, 0.3) is 6.43 Å². The van der Waals surface area contributed by atoms with Gasteiger partial charge in [-0.05, 0) is 49.3 Å². The molecule has 1 aliphatic rings. The maximum atomic E-state index is 14.4. The molecule has 180 valence electrons. The zero-order valence-corrected chi connectivity index (χ0v) is 20.5. The highest BCUT2D eigenvalue weighted by atomic mass is 32.2. The number of alkyl halides is 2. The van der Waals surface area contributed by atoms with E-state index in [1.165, 1.54) is 19.9 Å². The van der Waals surface area contributed by atoms with E-state index < -0.39 is 43.9 Å². The van der Waals surface area contributed by atoms with E-state index in [1.807, 2.05) is 27.7 Å². The number of nitrogens with two attached hydrogens (primary N) is 1. The number of urea groups is 1. The summed E-state index contributed by atoms with van der Waals surface area (Å²) in [4.78, 5) is 12.8. The Bertz CT molecular complexity index is 1060. The predicted octanol–water partition coefficient (Wildman–Crippen LogP) is 5.30. The van der Waals surface area contributed by atoms with E-state index >= 15 is 0 Å². The summed E-state index contributed by atoms with van der Waals surface area (Å²) in [5, 5.41) is 18.3. The zero-order valence-electron chi connectivity index (χ0n) is 18.9. The van der Waals surface area contributed by atoms with Gasteiger partial charge in [-0.1, -0.05) is 33.8 Å². The van der Waals surface area contributed by atoms with Crippen LogP contribution in [0.25, 0.3) is 0 Å². The summed E-state index contributed by atoms with van der Waals surface area (Å²) in [5.41, 5.74) is -0.444. The Labute approximate surface area is 191 Å². The van der Waals surface area contributed by atoms with E-state index in [-0.39, 0.29) is 28.7 Å². The van der Waals surface area contributed by atoms with Crippen LogP contribution in [0.15, 0.2) is 37.6 Å².